The van der Waals surface area contributed by atoms with E-state index in [0.29, 0.717) is 30.3 Å². The average Bonchev–Trinajstić information content (AvgIpc) is 2.39. The smallest absolute Gasteiger partial charge is 0.292 e. The van der Waals surface area contributed by atoms with Gasteiger partial charge in [0.15, 0.2) is 0 Å². The van der Waals surface area contributed by atoms with Crippen molar-refractivity contribution in [3.05, 3.63) is 33.3 Å². The molecule has 1 aromatic rings. The largest absolute Gasteiger partial charge is 1.00 e. The van der Waals surface area contributed by atoms with Crippen LogP contribution in [0.3, 0.4) is 0 Å². The Morgan fingerprint density at radius 3 is 2.50 bits per heavy atom. The number of halogens is 2. The summed E-state index contributed by atoms with van der Waals surface area (Å²) in [6, 6.07) is 4.62. The lowest BCUT2D eigenvalue weighted by Crippen LogP contribution is -3.00. The highest BCUT2D eigenvalue weighted by Gasteiger charge is 2.23. The molecule has 1 fully saturated rings. The molecular formula is C12H16Cl2N3O3-. The van der Waals surface area contributed by atoms with Gasteiger partial charge in [-0.15, -0.1) is 0 Å². The van der Waals surface area contributed by atoms with E-state index in [0.717, 1.165) is 13.1 Å². The van der Waals surface area contributed by atoms with Crippen molar-refractivity contribution in [3.63, 3.8) is 0 Å². The summed E-state index contributed by atoms with van der Waals surface area (Å²) in [5.41, 5.74) is 0.654. The molecule has 1 aliphatic rings. The van der Waals surface area contributed by atoms with Gasteiger partial charge in [0.1, 0.15) is 5.69 Å². The van der Waals surface area contributed by atoms with Gasteiger partial charge in [0.25, 0.3) is 5.69 Å². The number of hydrogen-bond donors (Lipinski definition) is 1. The fraction of sp³-hybridized carbons (Fsp3) is 0.500. The summed E-state index contributed by atoms with van der Waals surface area (Å²) in [7, 11) is 0. The Morgan fingerprint density at radius 2 is 1.95 bits per heavy atom. The molecule has 0 atom stereocenters. The molecule has 1 aliphatic heterocycles. The lowest BCUT2D eigenvalue weighted by Gasteiger charge is -2.35. The summed E-state index contributed by atoms with van der Waals surface area (Å²) in [4.78, 5) is 14.8. The number of nitro groups is 1. The highest BCUT2D eigenvalue weighted by molar-refractivity contribution is 6.31. The van der Waals surface area contributed by atoms with Crippen LogP contribution in [0.1, 0.15) is 0 Å². The molecule has 0 radical (unpaired) electrons. The first kappa shape index (κ1) is 17.0. The monoisotopic (exact) mass is 320 g/mol. The number of anilines is 1. The normalized spacial score (nSPS) is 15.8. The first-order valence-corrected chi connectivity index (χ1v) is 6.51. The minimum atomic E-state index is -0.383. The maximum absolute atomic E-state index is 11.0. The molecule has 0 bridgehead atoms. The van der Waals surface area contributed by atoms with Gasteiger partial charge >= 0.3 is 0 Å². The molecule has 1 N–H and O–H groups in total. The van der Waals surface area contributed by atoms with Crippen molar-refractivity contribution >= 4 is 23.0 Å². The summed E-state index contributed by atoms with van der Waals surface area (Å²) in [6.45, 7) is 3.74. The Morgan fingerprint density at radius 1 is 1.30 bits per heavy atom. The highest BCUT2D eigenvalue weighted by Crippen LogP contribution is 2.31. The van der Waals surface area contributed by atoms with Crippen molar-refractivity contribution in [1.29, 1.82) is 0 Å². The lowest BCUT2D eigenvalue weighted by molar-refractivity contribution is -0.384. The number of aliphatic hydroxyl groups excluding tert-OH is 1. The van der Waals surface area contributed by atoms with E-state index in [4.69, 9.17) is 16.7 Å². The number of benzene rings is 1. The van der Waals surface area contributed by atoms with Gasteiger partial charge in [-0.2, -0.15) is 0 Å². The van der Waals surface area contributed by atoms with Crippen molar-refractivity contribution in [3.8, 4) is 0 Å². The van der Waals surface area contributed by atoms with Gasteiger partial charge in [0.05, 0.1) is 11.5 Å². The standard InChI is InChI=1S/C12H16ClN3O3.ClH/c13-10-1-2-11(16(18)19)12(9-10)15-5-3-14(4-6-15)7-8-17;/h1-2,9,17H,3-8H2;1H/p-1. The van der Waals surface area contributed by atoms with Crippen LogP contribution in [0.15, 0.2) is 18.2 Å². The zero-order valence-corrected chi connectivity index (χ0v) is 12.3. The van der Waals surface area contributed by atoms with Gasteiger partial charge in [0.2, 0.25) is 0 Å². The molecule has 112 valence electrons. The first-order valence-electron chi connectivity index (χ1n) is 6.14. The van der Waals surface area contributed by atoms with E-state index in [1.54, 1.807) is 6.07 Å². The molecule has 0 saturated carbocycles. The second kappa shape index (κ2) is 7.64. The van der Waals surface area contributed by atoms with Crippen LogP contribution in [0, 0.1) is 10.1 Å². The SMILES string of the molecule is O=[N+]([O-])c1ccc(Cl)cc1N1CCN(CCO)CC1.[Cl-]. The van der Waals surface area contributed by atoms with Crippen LogP contribution in [0.25, 0.3) is 0 Å². The second-order valence-electron chi connectivity index (χ2n) is 4.44. The molecule has 6 nitrogen and oxygen atoms in total. The van der Waals surface area contributed by atoms with Crippen LogP contribution in [0.4, 0.5) is 11.4 Å². The maximum atomic E-state index is 11.0. The molecule has 0 amide bonds. The molecule has 0 aliphatic carbocycles. The van der Waals surface area contributed by atoms with E-state index < -0.39 is 0 Å². The van der Waals surface area contributed by atoms with Gasteiger partial charge in [-0.05, 0) is 12.1 Å². The average molecular weight is 321 g/mol. The lowest BCUT2D eigenvalue weighted by atomic mass is 10.2. The van der Waals surface area contributed by atoms with Crippen molar-refractivity contribution in [1.82, 2.24) is 4.90 Å². The van der Waals surface area contributed by atoms with Crippen molar-refractivity contribution in [2.24, 2.45) is 0 Å². The van der Waals surface area contributed by atoms with E-state index in [1.807, 2.05) is 4.90 Å². The number of nitro benzene ring substituents is 1. The molecule has 0 spiro atoms. The van der Waals surface area contributed by atoms with Crippen LogP contribution >= 0.6 is 11.6 Å². The molecule has 0 aromatic heterocycles. The third-order valence-corrected chi connectivity index (χ3v) is 3.50. The molecular weight excluding hydrogens is 305 g/mol. The molecule has 1 aromatic carbocycles. The third kappa shape index (κ3) is 3.96. The Balaban J connectivity index is 0.00000200. The fourth-order valence-electron chi connectivity index (χ4n) is 2.26. The van der Waals surface area contributed by atoms with Crippen LogP contribution in [-0.4, -0.2) is 54.3 Å². The van der Waals surface area contributed by atoms with Crippen molar-refractivity contribution in [2.45, 2.75) is 0 Å². The second-order valence-corrected chi connectivity index (χ2v) is 4.88. The van der Waals surface area contributed by atoms with Crippen LogP contribution in [0.5, 0.6) is 0 Å². The van der Waals surface area contributed by atoms with E-state index >= 15 is 0 Å². The number of aliphatic hydroxyl groups is 1. The minimum absolute atomic E-state index is 0. The number of rotatable bonds is 4. The zero-order valence-electron chi connectivity index (χ0n) is 10.8. The molecule has 1 saturated heterocycles. The maximum Gasteiger partial charge on any atom is 0.292 e. The predicted molar refractivity (Wildman–Crippen MR) is 73.8 cm³/mol. The molecule has 20 heavy (non-hydrogen) atoms. The van der Waals surface area contributed by atoms with E-state index in [2.05, 4.69) is 4.90 Å². The number of nitrogens with zero attached hydrogens (tertiary/aromatic N) is 3. The minimum Gasteiger partial charge on any atom is -1.00 e. The number of hydrogen-bond acceptors (Lipinski definition) is 5. The van der Waals surface area contributed by atoms with Gasteiger partial charge in [-0.25, -0.2) is 0 Å². The van der Waals surface area contributed by atoms with Gasteiger partial charge < -0.3 is 22.4 Å². The van der Waals surface area contributed by atoms with E-state index in [-0.39, 0.29) is 29.6 Å². The quantitative estimate of drug-likeness (QED) is 0.532. The van der Waals surface area contributed by atoms with Crippen LogP contribution < -0.4 is 17.3 Å². The first-order chi connectivity index (χ1) is 9.11. The topological polar surface area (TPSA) is 69.9 Å². The molecule has 0 unspecified atom stereocenters. The number of β-amino-alcohol motifs (C(OH)–C–C–N with tert-alkyl or cyclic N) is 1. The summed E-state index contributed by atoms with van der Waals surface area (Å²) in [6.07, 6.45) is 0. The summed E-state index contributed by atoms with van der Waals surface area (Å²) < 4.78 is 0. The van der Waals surface area contributed by atoms with Crippen LogP contribution in [-0.2, 0) is 0 Å². The Hall–Kier alpha value is -1.08. The zero-order chi connectivity index (χ0) is 13.8. The van der Waals surface area contributed by atoms with Gasteiger partial charge in [0, 0.05) is 43.8 Å². The summed E-state index contributed by atoms with van der Waals surface area (Å²) in [5.74, 6) is 0. The van der Waals surface area contributed by atoms with Gasteiger partial charge in [-0.1, -0.05) is 11.6 Å². The Labute approximate surface area is 128 Å². The third-order valence-electron chi connectivity index (χ3n) is 3.26. The highest BCUT2D eigenvalue weighted by atomic mass is 35.5. The van der Waals surface area contributed by atoms with Crippen molar-refractivity contribution in [2.75, 3.05) is 44.2 Å². The number of piperazine rings is 1. The molecule has 2 rings (SSSR count). The fourth-order valence-corrected chi connectivity index (χ4v) is 2.42. The Bertz CT molecular complexity index is 465. The van der Waals surface area contributed by atoms with E-state index in [9.17, 15) is 10.1 Å². The summed E-state index contributed by atoms with van der Waals surface area (Å²) >= 11 is 5.93. The Kier molecular flexibility index (Phi) is 6.48. The molecule has 8 heteroatoms. The van der Waals surface area contributed by atoms with E-state index in [1.165, 1.54) is 12.1 Å². The summed E-state index contributed by atoms with van der Waals surface area (Å²) in [5, 5.41) is 20.4. The van der Waals surface area contributed by atoms with Crippen molar-refractivity contribution < 1.29 is 22.4 Å². The predicted octanol–water partition coefficient (Wildman–Crippen LogP) is -1.63. The van der Waals surface area contributed by atoms with Gasteiger partial charge in [-0.3, -0.25) is 15.0 Å². The molecule has 1 heterocycles. The van der Waals surface area contributed by atoms with Crippen LogP contribution in [0.2, 0.25) is 5.02 Å².